The molecule has 0 saturated heterocycles. The summed E-state index contributed by atoms with van der Waals surface area (Å²) in [4.78, 5) is 2.39. The summed E-state index contributed by atoms with van der Waals surface area (Å²) in [5.41, 5.74) is 0. The minimum atomic E-state index is 0.683. The lowest BCUT2D eigenvalue weighted by Gasteiger charge is -2.23. The third-order valence-corrected chi connectivity index (χ3v) is 3.05. The van der Waals surface area contributed by atoms with E-state index >= 15 is 0 Å². The number of nitrogens with one attached hydrogen (secondary N) is 1. The Morgan fingerprint density at radius 2 is 1.94 bits per heavy atom. The van der Waals surface area contributed by atoms with Gasteiger partial charge in [0.2, 0.25) is 0 Å². The molecule has 0 spiro atoms. The van der Waals surface area contributed by atoms with E-state index in [9.17, 15) is 0 Å². The van der Waals surface area contributed by atoms with E-state index in [1.54, 1.807) is 0 Å². The van der Waals surface area contributed by atoms with Crippen LogP contribution in [0.25, 0.3) is 0 Å². The highest BCUT2D eigenvalue weighted by Gasteiger charge is 2.04. The first-order chi connectivity index (χ1) is 7.72. The number of hydrogen-bond acceptors (Lipinski definition) is 3. The molecule has 0 amide bonds. The molecule has 1 unspecified atom stereocenters. The maximum atomic E-state index is 5.47. The van der Waals surface area contributed by atoms with Crippen LogP contribution in [0.3, 0.4) is 0 Å². The molecular weight excluding hydrogens is 200 g/mol. The van der Waals surface area contributed by atoms with Crippen LogP contribution in [0, 0.1) is 0 Å². The SMILES string of the molecule is CCCCOCCNCCN(C)C(C)CC. The number of ether oxygens (including phenoxy) is 1. The fourth-order valence-corrected chi connectivity index (χ4v) is 1.41. The highest BCUT2D eigenvalue weighted by molar-refractivity contribution is 4.62. The van der Waals surface area contributed by atoms with E-state index in [0.29, 0.717) is 6.04 Å². The molecule has 1 atom stereocenters. The number of unbranched alkanes of at least 4 members (excludes halogenated alkanes) is 1. The van der Waals surface area contributed by atoms with E-state index < -0.39 is 0 Å². The Balaban J connectivity index is 3.14. The van der Waals surface area contributed by atoms with E-state index in [0.717, 1.165) is 32.8 Å². The van der Waals surface area contributed by atoms with Gasteiger partial charge in [0.1, 0.15) is 0 Å². The third kappa shape index (κ3) is 9.13. The summed E-state index contributed by atoms with van der Waals surface area (Å²) in [7, 11) is 2.19. The van der Waals surface area contributed by atoms with Crippen molar-refractivity contribution >= 4 is 0 Å². The lowest BCUT2D eigenvalue weighted by Crippen LogP contribution is -2.35. The van der Waals surface area contributed by atoms with Crippen LogP contribution >= 0.6 is 0 Å². The predicted octanol–water partition coefficient (Wildman–Crippen LogP) is 2.12. The van der Waals surface area contributed by atoms with Gasteiger partial charge in [0, 0.05) is 32.3 Å². The van der Waals surface area contributed by atoms with Crippen molar-refractivity contribution < 1.29 is 4.74 Å². The molecule has 0 fully saturated rings. The average Bonchev–Trinajstić information content (AvgIpc) is 2.31. The van der Waals surface area contributed by atoms with Crippen molar-refractivity contribution in [3.8, 4) is 0 Å². The molecule has 0 aromatic rings. The molecule has 0 aromatic carbocycles. The summed E-state index contributed by atoms with van der Waals surface area (Å²) in [6.45, 7) is 11.6. The molecule has 1 N–H and O–H groups in total. The molecule has 98 valence electrons. The zero-order valence-electron chi connectivity index (χ0n) is 11.6. The van der Waals surface area contributed by atoms with Crippen molar-refractivity contribution in [3.05, 3.63) is 0 Å². The Morgan fingerprint density at radius 1 is 1.19 bits per heavy atom. The van der Waals surface area contributed by atoms with Crippen LogP contribution in [-0.2, 0) is 4.74 Å². The van der Waals surface area contributed by atoms with Gasteiger partial charge in [0.25, 0.3) is 0 Å². The lowest BCUT2D eigenvalue weighted by atomic mass is 10.2. The molecular formula is C13H30N2O. The van der Waals surface area contributed by atoms with Crippen LogP contribution in [0.4, 0.5) is 0 Å². The Labute approximate surface area is 102 Å². The first-order valence-electron chi connectivity index (χ1n) is 6.71. The Kier molecular flexibility index (Phi) is 11.3. The van der Waals surface area contributed by atoms with Gasteiger partial charge in [-0.15, -0.1) is 0 Å². The van der Waals surface area contributed by atoms with Crippen molar-refractivity contribution in [1.82, 2.24) is 10.2 Å². The van der Waals surface area contributed by atoms with Gasteiger partial charge in [-0.05, 0) is 26.8 Å². The molecule has 0 aliphatic rings. The summed E-state index contributed by atoms with van der Waals surface area (Å²) in [6.07, 6.45) is 3.61. The molecule has 0 heterocycles. The standard InChI is InChI=1S/C13H30N2O/c1-5-7-11-16-12-9-14-8-10-15(4)13(3)6-2/h13-14H,5-12H2,1-4H3. The zero-order chi connectivity index (χ0) is 12.2. The van der Waals surface area contributed by atoms with Gasteiger partial charge in [-0.2, -0.15) is 0 Å². The second-order valence-electron chi connectivity index (χ2n) is 4.45. The fraction of sp³-hybridized carbons (Fsp3) is 1.00. The quantitative estimate of drug-likeness (QED) is 0.550. The largest absolute Gasteiger partial charge is 0.380 e. The maximum Gasteiger partial charge on any atom is 0.0590 e. The monoisotopic (exact) mass is 230 g/mol. The Morgan fingerprint density at radius 3 is 2.56 bits per heavy atom. The van der Waals surface area contributed by atoms with Crippen molar-refractivity contribution in [3.63, 3.8) is 0 Å². The van der Waals surface area contributed by atoms with Crippen molar-refractivity contribution in [1.29, 1.82) is 0 Å². The van der Waals surface area contributed by atoms with Gasteiger partial charge in [0.05, 0.1) is 6.61 Å². The number of nitrogens with zero attached hydrogens (tertiary/aromatic N) is 1. The van der Waals surface area contributed by atoms with E-state index in [1.807, 2.05) is 0 Å². The van der Waals surface area contributed by atoms with Gasteiger partial charge in [-0.1, -0.05) is 20.3 Å². The first-order valence-corrected chi connectivity index (χ1v) is 6.71. The topological polar surface area (TPSA) is 24.5 Å². The molecule has 3 nitrogen and oxygen atoms in total. The maximum absolute atomic E-state index is 5.47. The van der Waals surface area contributed by atoms with Crippen molar-refractivity contribution in [2.75, 3.05) is 39.9 Å². The molecule has 0 aliphatic heterocycles. The van der Waals surface area contributed by atoms with Gasteiger partial charge in [0.15, 0.2) is 0 Å². The number of hydrogen-bond donors (Lipinski definition) is 1. The summed E-state index contributed by atoms with van der Waals surface area (Å²) in [6, 6.07) is 0.683. The Hall–Kier alpha value is -0.120. The molecule has 0 saturated carbocycles. The Bertz CT molecular complexity index is 142. The normalized spacial score (nSPS) is 13.3. The van der Waals surface area contributed by atoms with E-state index in [-0.39, 0.29) is 0 Å². The number of rotatable bonds is 11. The van der Waals surface area contributed by atoms with Crippen LogP contribution < -0.4 is 5.32 Å². The van der Waals surface area contributed by atoms with Crippen molar-refractivity contribution in [2.24, 2.45) is 0 Å². The predicted molar refractivity (Wildman–Crippen MR) is 71.0 cm³/mol. The van der Waals surface area contributed by atoms with Gasteiger partial charge in [-0.25, -0.2) is 0 Å². The summed E-state index contributed by atoms with van der Waals surface area (Å²) >= 11 is 0. The molecule has 3 heteroatoms. The first kappa shape index (κ1) is 15.9. The van der Waals surface area contributed by atoms with Crippen LogP contribution in [0.1, 0.15) is 40.0 Å². The second kappa shape index (κ2) is 11.4. The summed E-state index contributed by atoms with van der Waals surface area (Å²) in [5.74, 6) is 0. The van der Waals surface area contributed by atoms with Gasteiger partial charge >= 0.3 is 0 Å². The second-order valence-corrected chi connectivity index (χ2v) is 4.45. The highest BCUT2D eigenvalue weighted by Crippen LogP contribution is 1.97. The van der Waals surface area contributed by atoms with Crippen LogP contribution in [-0.4, -0.2) is 50.8 Å². The van der Waals surface area contributed by atoms with Crippen LogP contribution in [0.5, 0.6) is 0 Å². The molecule has 16 heavy (non-hydrogen) atoms. The summed E-state index contributed by atoms with van der Waals surface area (Å²) in [5, 5.41) is 3.41. The van der Waals surface area contributed by atoms with Crippen molar-refractivity contribution in [2.45, 2.75) is 46.1 Å². The van der Waals surface area contributed by atoms with E-state index in [1.165, 1.54) is 19.3 Å². The third-order valence-electron chi connectivity index (χ3n) is 3.05. The molecule has 0 radical (unpaired) electrons. The smallest absolute Gasteiger partial charge is 0.0590 e. The molecule has 0 aromatic heterocycles. The highest BCUT2D eigenvalue weighted by atomic mass is 16.5. The fourth-order valence-electron chi connectivity index (χ4n) is 1.41. The lowest BCUT2D eigenvalue weighted by molar-refractivity contribution is 0.132. The van der Waals surface area contributed by atoms with Crippen LogP contribution in [0.2, 0.25) is 0 Å². The van der Waals surface area contributed by atoms with Gasteiger partial charge < -0.3 is 15.0 Å². The number of likely N-dealkylation sites (N-methyl/N-ethyl adjacent to an activating group) is 1. The van der Waals surface area contributed by atoms with Gasteiger partial charge in [-0.3, -0.25) is 0 Å². The molecule has 0 aliphatic carbocycles. The summed E-state index contributed by atoms with van der Waals surface area (Å²) < 4.78 is 5.47. The minimum absolute atomic E-state index is 0.683. The average molecular weight is 230 g/mol. The molecule has 0 bridgehead atoms. The van der Waals surface area contributed by atoms with Crippen LogP contribution in [0.15, 0.2) is 0 Å². The zero-order valence-corrected chi connectivity index (χ0v) is 11.6. The van der Waals surface area contributed by atoms with E-state index in [2.05, 4.69) is 38.0 Å². The van der Waals surface area contributed by atoms with E-state index in [4.69, 9.17) is 4.74 Å². The molecule has 0 rings (SSSR count). The minimum Gasteiger partial charge on any atom is -0.380 e.